The van der Waals surface area contributed by atoms with E-state index in [1.807, 2.05) is 6.92 Å². The number of rotatable bonds is 9. The highest BCUT2D eigenvalue weighted by Gasteiger charge is 2.31. The normalized spacial score (nSPS) is 20.0. The summed E-state index contributed by atoms with van der Waals surface area (Å²) in [7, 11) is 1.46. The fourth-order valence-corrected chi connectivity index (χ4v) is 5.20. The zero-order chi connectivity index (χ0) is 32.1. The van der Waals surface area contributed by atoms with Crippen molar-refractivity contribution in [1.29, 1.82) is 0 Å². The molecule has 0 saturated carbocycles. The van der Waals surface area contributed by atoms with Gasteiger partial charge in [0.1, 0.15) is 11.6 Å². The number of hydrogen-bond donors (Lipinski definition) is 3. The van der Waals surface area contributed by atoms with Gasteiger partial charge in [-0.3, -0.25) is 9.59 Å². The molecule has 12 heteroatoms. The van der Waals surface area contributed by atoms with Crippen LogP contribution < -0.4 is 15.4 Å². The molecule has 3 rings (SSSR count). The van der Waals surface area contributed by atoms with E-state index >= 15 is 0 Å². The first kappa shape index (κ1) is 35.3. The second-order valence-electron chi connectivity index (χ2n) is 11.1. The maximum atomic E-state index is 14.6. The molecule has 3 unspecified atom stereocenters. The van der Waals surface area contributed by atoms with Crippen LogP contribution in [0.25, 0.3) is 0 Å². The Morgan fingerprint density at radius 3 is 2.70 bits per heavy atom. The highest BCUT2D eigenvalue weighted by atomic mass is 19.4. The molecule has 0 aliphatic carbocycles. The van der Waals surface area contributed by atoms with Gasteiger partial charge in [-0.25, -0.2) is 4.39 Å². The lowest BCUT2D eigenvalue weighted by Gasteiger charge is -2.27. The van der Waals surface area contributed by atoms with Gasteiger partial charge in [-0.05, 0) is 61.4 Å². The van der Waals surface area contributed by atoms with E-state index in [4.69, 9.17) is 9.47 Å². The van der Waals surface area contributed by atoms with E-state index in [1.165, 1.54) is 31.4 Å². The summed E-state index contributed by atoms with van der Waals surface area (Å²) in [5.41, 5.74) is 0.0837. The second kappa shape index (κ2) is 17.3. The zero-order valence-corrected chi connectivity index (χ0v) is 25.3. The summed E-state index contributed by atoms with van der Waals surface area (Å²) in [5, 5.41) is 17.0. The number of halogens is 4. The Morgan fingerprint density at radius 2 is 1.98 bits per heavy atom. The Kier molecular flexibility index (Phi) is 13.9. The minimum atomic E-state index is -4.48. The number of carbonyl (C=O) groups excluding carboxylic acids is 2. The van der Waals surface area contributed by atoms with Gasteiger partial charge in [0.15, 0.2) is 0 Å². The number of aliphatic hydroxyl groups is 1. The third-order valence-corrected chi connectivity index (χ3v) is 7.50. The van der Waals surface area contributed by atoms with Gasteiger partial charge in [0.25, 0.3) is 0 Å². The number of hydrogen-bond acceptors (Lipinski definition) is 6. The van der Waals surface area contributed by atoms with Crippen LogP contribution in [-0.2, 0) is 33.5 Å². The van der Waals surface area contributed by atoms with E-state index in [0.29, 0.717) is 49.4 Å². The van der Waals surface area contributed by atoms with Crippen molar-refractivity contribution in [2.75, 3.05) is 40.0 Å². The Labute approximate surface area is 256 Å². The van der Waals surface area contributed by atoms with Crippen LogP contribution >= 0.6 is 0 Å². The molecule has 2 amide bonds. The molecule has 2 aromatic carbocycles. The van der Waals surface area contributed by atoms with E-state index in [1.54, 1.807) is 11.0 Å². The number of carbonyl (C=O) groups is 2. The minimum Gasteiger partial charge on any atom is -0.493 e. The average molecular weight is 626 g/mol. The van der Waals surface area contributed by atoms with E-state index in [-0.39, 0.29) is 44.9 Å². The van der Waals surface area contributed by atoms with Gasteiger partial charge in [0.05, 0.1) is 36.8 Å². The van der Waals surface area contributed by atoms with Crippen molar-refractivity contribution in [1.82, 2.24) is 15.5 Å². The molecule has 0 radical (unpaired) electrons. The number of benzene rings is 2. The first-order valence-electron chi connectivity index (χ1n) is 15.0. The molecule has 3 N–H and O–H groups in total. The summed E-state index contributed by atoms with van der Waals surface area (Å²) in [6, 6.07) is 8.19. The van der Waals surface area contributed by atoms with Gasteiger partial charge in [-0.1, -0.05) is 25.1 Å². The molecule has 2 bridgehead atoms. The lowest BCUT2D eigenvalue weighted by Crippen LogP contribution is -2.50. The maximum absolute atomic E-state index is 14.6. The maximum Gasteiger partial charge on any atom is 0.416 e. The van der Waals surface area contributed by atoms with Crippen molar-refractivity contribution in [2.45, 2.75) is 70.3 Å². The second-order valence-corrected chi connectivity index (χ2v) is 11.1. The fourth-order valence-electron chi connectivity index (χ4n) is 5.20. The molecule has 8 nitrogen and oxygen atoms in total. The molecule has 0 aromatic heterocycles. The molecule has 44 heavy (non-hydrogen) atoms. The number of ether oxygens (including phenoxy) is 2. The van der Waals surface area contributed by atoms with Crippen molar-refractivity contribution >= 4 is 11.8 Å². The predicted octanol–water partition coefficient (Wildman–Crippen LogP) is 4.48. The smallest absolute Gasteiger partial charge is 0.416 e. The van der Waals surface area contributed by atoms with Crippen LogP contribution in [0.2, 0.25) is 0 Å². The molecular weight excluding hydrogens is 582 g/mol. The summed E-state index contributed by atoms with van der Waals surface area (Å²) < 4.78 is 64.9. The fraction of sp³-hybridized carbons (Fsp3) is 0.562. The number of fused-ring (bicyclic) bond motifs is 2. The first-order valence-corrected chi connectivity index (χ1v) is 15.0. The molecule has 244 valence electrons. The molecular formula is C32H43F4N3O5. The van der Waals surface area contributed by atoms with Crippen LogP contribution in [0.4, 0.5) is 17.6 Å². The molecule has 0 fully saturated rings. The number of aliphatic hydroxyl groups excluding tert-OH is 1. The van der Waals surface area contributed by atoms with Gasteiger partial charge in [0, 0.05) is 45.8 Å². The standard InChI is InChI=1S/C32H43F4N3O5/c1-3-11-39-12-4-5-13-44-27-16-23(15-26(33)18-27)17-28(38-31(42)24(21-43-2)9-10-30(39)41)29(40)20-37-19-22-7-6-8-25(14-22)32(34,35)36/h6-8,14-16,18,24,28-29,37,40H,3-5,9-13,17,19-21H2,1-2H3,(H,38,42). The van der Waals surface area contributed by atoms with Gasteiger partial charge in [0.2, 0.25) is 11.8 Å². The first-order chi connectivity index (χ1) is 21.0. The van der Waals surface area contributed by atoms with Crippen LogP contribution in [0.3, 0.4) is 0 Å². The van der Waals surface area contributed by atoms with Crippen molar-refractivity contribution < 1.29 is 41.7 Å². The van der Waals surface area contributed by atoms with Crippen LogP contribution in [0, 0.1) is 11.7 Å². The summed E-state index contributed by atoms with van der Waals surface area (Å²) in [4.78, 5) is 28.2. The largest absolute Gasteiger partial charge is 0.493 e. The van der Waals surface area contributed by atoms with Gasteiger partial charge in [-0.2, -0.15) is 13.2 Å². The molecule has 0 saturated heterocycles. The van der Waals surface area contributed by atoms with Crippen LogP contribution in [0.5, 0.6) is 5.75 Å². The molecule has 1 aliphatic heterocycles. The van der Waals surface area contributed by atoms with Crippen LogP contribution in [-0.4, -0.2) is 73.9 Å². The third kappa shape index (κ3) is 11.4. The molecule has 1 aliphatic rings. The number of amides is 2. The number of alkyl halides is 3. The lowest BCUT2D eigenvalue weighted by molar-refractivity contribution is -0.137. The summed E-state index contributed by atoms with van der Waals surface area (Å²) in [6.07, 6.45) is -3.08. The molecule has 2 aromatic rings. The highest BCUT2D eigenvalue weighted by Crippen LogP contribution is 2.29. The number of nitrogens with one attached hydrogen (secondary N) is 2. The third-order valence-electron chi connectivity index (χ3n) is 7.50. The van der Waals surface area contributed by atoms with Crippen molar-refractivity contribution in [2.24, 2.45) is 5.92 Å². The summed E-state index contributed by atoms with van der Waals surface area (Å²) in [6.45, 7) is 3.49. The van der Waals surface area contributed by atoms with Gasteiger partial charge < -0.3 is 30.1 Å². The Morgan fingerprint density at radius 1 is 1.18 bits per heavy atom. The number of methoxy groups -OCH3 is 1. The van der Waals surface area contributed by atoms with Gasteiger partial charge >= 0.3 is 6.18 Å². The Balaban J connectivity index is 1.81. The predicted molar refractivity (Wildman–Crippen MR) is 157 cm³/mol. The topological polar surface area (TPSA) is 100 Å². The zero-order valence-electron chi connectivity index (χ0n) is 25.3. The van der Waals surface area contributed by atoms with E-state index in [0.717, 1.165) is 18.6 Å². The van der Waals surface area contributed by atoms with Crippen molar-refractivity contribution in [3.05, 3.63) is 65.0 Å². The summed E-state index contributed by atoms with van der Waals surface area (Å²) >= 11 is 0. The van der Waals surface area contributed by atoms with E-state index in [9.17, 15) is 32.3 Å². The van der Waals surface area contributed by atoms with Gasteiger partial charge in [-0.15, -0.1) is 0 Å². The monoisotopic (exact) mass is 625 g/mol. The van der Waals surface area contributed by atoms with Crippen LogP contribution in [0.1, 0.15) is 55.7 Å². The highest BCUT2D eigenvalue weighted by molar-refractivity contribution is 5.81. The molecule has 3 atom stereocenters. The SMILES string of the molecule is CCCN1CCCCOc2cc(F)cc(c2)CC(C(O)CNCc2cccc(C(F)(F)F)c2)NC(=O)C(COC)CCC1=O. The van der Waals surface area contributed by atoms with Crippen molar-refractivity contribution in [3.63, 3.8) is 0 Å². The average Bonchev–Trinajstić information content (AvgIpc) is 2.97. The lowest BCUT2D eigenvalue weighted by atomic mass is 9.97. The number of nitrogens with zero attached hydrogens (tertiary/aromatic N) is 1. The van der Waals surface area contributed by atoms with Crippen molar-refractivity contribution in [3.8, 4) is 5.75 Å². The molecule has 0 spiro atoms. The minimum absolute atomic E-state index is 0.0439. The van der Waals surface area contributed by atoms with E-state index in [2.05, 4.69) is 10.6 Å². The Bertz CT molecular complexity index is 1210. The Hall–Kier alpha value is -3.22. The quantitative estimate of drug-likeness (QED) is 0.356. The summed E-state index contributed by atoms with van der Waals surface area (Å²) in [5.74, 6) is -1.39. The molecule has 1 heterocycles. The van der Waals surface area contributed by atoms with Crippen LogP contribution in [0.15, 0.2) is 42.5 Å². The van der Waals surface area contributed by atoms with E-state index < -0.39 is 41.5 Å².